The minimum Gasteiger partial charge on any atom is -0.330 e. The molecule has 0 atom stereocenters. The lowest BCUT2D eigenvalue weighted by Gasteiger charge is -2.04. The average Bonchev–Trinajstić information content (AvgIpc) is 2.28. The van der Waals surface area contributed by atoms with Gasteiger partial charge < -0.3 is 11.1 Å². The van der Waals surface area contributed by atoms with Crippen LogP contribution in [0.4, 0.5) is 5.69 Å². The highest BCUT2D eigenvalue weighted by Crippen LogP contribution is 2.10. The van der Waals surface area contributed by atoms with Gasteiger partial charge in [-0.1, -0.05) is 12.1 Å². The number of amides is 1. The van der Waals surface area contributed by atoms with E-state index in [1.807, 2.05) is 0 Å². The van der Waals surface area contributed by atoms with E-state index in [2.05, 4.69) is 5.32 Å². The Kier molecular flexibility index (Phi) is 4.35. The summed E-state index contributed by atoms with van der Waals surface area (Å²) >= 11 is 0. The first-order valence-electron chi connectivity index (χ1n) is 4.77. The number of anilines is 1. The van der Waals surface area contributed by atoms with E-state index >= 15 is 0 Å². The quantitative estimate of drug-likeness (QED) is 0.426. The summed E-state index contributed by atoms with van der Waals surface area (Å²) in [4.78, 5) is 32.6. The lowest BCUT2D eigenvalue weighted by molar-refractivity contribution is -0.116. The van der Waals surface area contributed by atoms with Gasteiger partial charge in [-0.25, -0.2) is 0 Å². The minimum atomic E-state index is -0.616. The Balaban J connectivity index is 2.78. The van der Waals surface area contributed by atoms with Crippen LogP contribution < -0.4 is 11.1 Å². The van der Waals surface area contributed by atoms with E-state index in [1.165, 1.54) is 12.1 Å². The molecule has 0 spiro atoms. The fraction of sp³-hybridized carbons (Fsp3) is 0.182. The first-order chi connectivity index (χ1) is 7.67. The Morgan fingerprint density at radius 2 is 2.12 bits per heavy atom. The number of Topliss-reactive ketones (excluding diaryl/α,β-unsaturated/α-hetero) is 1. The van der Waals surface area contributed by atoms with Crippen molar-refractivity contribution in [3.63, 3.8) is 0 Å². The third kappa shape index (κ3) is 3.29. The number of ketones is 1. The lowest BCUT2D eigenvalue weighted by Crippen LogP contribution is -2.16. The van der Waals surface area contributed by atoms with E-state index in [1.54, 1.807) is 12.1 Å². The molecule has 0 saturated heterocycles. The minimum absolute atomic E-state index is 0.214. The second kappa shape index (κ2) is 5.77. The Hall–Kier alpha value is -2.01. The molecule has 0 heterocycles. The number of hydrogen-bond acceptors (Lipinski definition) is 4. The van der Waals surface area contributed by atoms with Crippen LogP contribution in [0.3, 0.4) is 0 Å². The van der Waals surface area contributed by atoms with Gasteiger partial charge in [-0.15, -0.1) is 0 Å². The zero-order chi connectivity index (χ0) is 12.0. The molecule has 0 unspecified atom stereocenters. The number of rotatable bonds is 5. The molecule has 1 amide bonds. The molecule has 1 rings (SSSR count). The second-order valence-corrected chi connectivity index (χ2v) is 3.15. The van der Waals surface area contributed by atoms with Crippen molar-refractivity contribution in [1.82, 2.24) is 0 Å². The summed E-state index contributed by atoms with van der Waals surface area (Å²) in [7, 11) is 0. The highest BCUT2D eigenvalue weighted by molar-refractivity contribution is 6.33. The second-order valence-electron chi connectivity index (χ2n) is 3.15. The fourth-order valence-corrected chi connectivity index (χ4v) is 1.17. The van der Waals surface area contributed by atoms with Crippen LogP contribution in [-0.4, -0.2) is 24.5 Å². The molecule has 0 bridgehead atoms. The standard InChI is InChI=1S/C11H12N2O3/c12-5-4-11(16)13-9-3-1-2-8(6-9)10(15)7-14/h1-3,6-7H,4-5,12H2,(H,13,16). The maximum atomic E-state index is 11.2. The first kappa shape index (κ1) is 12.1. The highest BCUT2D eigenvalue weighted by atomic mass is 16.2. The summed E-state index contributed by atoms with van der Waals surface area (Å²) in [6, 6.07) is 6.19. The number of hydrogen-bond donors (Lipinski definition) is 2. The Labute approximate surface area is 92.6 Å². The van der Waals surface area contributed by atoms with E-state index in [9.17, 15) is 14.4 Å². The molecule has 0 aliphatic carbocycles. The molecule has 1 aromatic rings. The Bertz CT molecular complexity index is 415. The molecule has 1 aromatic carbocycles. The normalized spacial score (nSPS) is 9.56. The van der Waals surface area contributed by atoms with E-state index in [4.69, 9.17) is 5.73 Å². The van der Waals surface area contributed by atoms with Crippen LogP contribution in [-0.2, 0) is 9.59 Å². The number of aldehydes is 1. The van der Waals surface area contributed by atoms with E-state index in [0.29, 0.717) is 5.69 Å². The van der Waals surface area contributed by atoms with Gasteiger partial charge in [0.2, 0.25) is 11.7 Å². The average molecular weight is 220 g/mol. The molecule has 5 nitrogen and oxygen atoms in total. The molecule has 0 radical (unpaired) electrons. The molecule has 16 heavy (non-hydrogen) atoms. The van der Waals surface area contributed by atoms with Crippen molar-refractivity contribution in [3.05, 3.63) is 29.8 Å². The predicted molar refractivity (Wildman–Crippen MR) is 59.1 cm³/mol. The van der Waals surface area contributed by atoms with Crippen molar-refractivity contribution in [3.8, 4) is 0 Å². The molecule has 3 N–H and O–H groups in total. The third-order valence-corrected chi connectivity index (χ3v) is 1.91. The zero-order valence-electron chi connectivity index (χ0n) is 8.60. The van der Waals surface area contributed by atoms with Gasteiger partial charge in [0, 0.05) is 24.2 Å². The van der Waals surface area contributed by atoms with Crippen LogP contribution in [0.25, 0.3) is 0 Å². The smallest absolute Gasteiger partial charge is 0.225 e. The first-order valence-corrected chi connectivity index (χ1v) is 4.77. The third-order valence-electron chi connectivity index (χ3n) is 1.91. The maximum absolute atomic E-state index is 11.2. The molecule has 0 aromatic heterocycles. The number of nitrogens with one attached hydrogen (secondary N) is 1. The predicted octanol–water partition coefficient (Wildman–Crippen LogP) is 0.355. The zero-order valence-corrected chi connectivity index (χ0v) is 8.60. The van der Waals surface area contributed by atoms with Crippen molar-refractivity contribution < 1.29 is 14.4 Å². The monoisotopic (exact) mass is 220 g/mol. The van der Waals surface area contributed by atoms with Crippen LogP contribution in [0.1, 0.15) is 16.8 Å². The molecule has 0 saturated carbocycles. The van der Waals surface area contributed by atoms with E-state index in [0.717, 1.165) is 0 Å². The van der Waals surface area contributed by atoms with Crippen molar-refractivity contribution >= 4 is 23.7 Å². The van der Waals surface area contributed by atoms with Gasteiger partial charge in [0.1, 0.15) is 0 Å². The summed E-state index contributed by atoms with van der Waals surface area (Å²) in [5.41, 5.74) is 5.95. The molecule has 0 aliphatic heterocycles. The highest BCUT2D eigenvalue weighted by Gasteiger charge is 2.06. The lowest BCUT2D eigenvalue weighted by atomic mass is 10.1. The molecular weight excluding hydrogens is 208 g/mol. The summed E-state index contributed by atoms with van der Waals surface area (Å²) in [6.45, 7) is 0.263. The van der Waals surface area contributed by atoms with Crippen LogP contribution >= 0.6 is 0 Å². The van der Waals surface area contributed by atoms with Crippen LogP contribution in [0.5, 0.6) is 0 Å². The summed E-state index contributed by atoms with van der Waals surface area (Å²) in [5.74, 6) is -0.840. The topological polar surface area (TPSA) is 89.3 Å². The molecule has 5 heteroatoms. The van der Waals surface area contributed by atoms with Crippen LogP contribution in [0.2, 0.25) is 0 Å². The SMILES string of the molecule is NCCC(=O)Nc1cccc(C(=O)C=O)c1. The van der Waals surface area contributed by atoms with Gasteiger partial charge >= 0.3 is 0 Å². The fourth-order valence-electron chi connectivity index (χ4n) is 1.17. The van der Waals surface area contributed by atoms with Crippen molar-refractivity contribution in [1.29, 1.82) is 0 Å². The summed E-state index contributed by atoms with van der Waals surface area (Å²) in [6.07, 6.45) is 0.451. The largest absolute Gasteiger partial charge is 0.330 e. The van der Waals surface area contributed by atoms with Gasteiger partial charge in [-0.05, 0) is 12.1 Å². The van der Waals surface area contributed by atoms with Crippen LogP contribution in [0, 0.1) is 0 Å². The summed E-state index contributed by atoms with van der Waals surface area (Å²) in [5, 5.41) is 2.58. The number of carbonyl (C=O) groups is 3. The summed E-state index contributed by atoms with van der Waals surface area (Å²) < 4.78 is 0. The van der Waals surface area contributed by atoms with Gasteiger partial charge in [0.15, 0.2) is 6.29 Å². The number of carbonyl (C=O) groups excluding carboxylic acids is 3. The van der Waals surface area contributed by atoms with Gasteiger partial charge in [-0.3, -0.25) is 14.4 Å². The Morgan fingerprint density at radius 3 is 2.75 bits per heavy atom. The molecule has 0 fully saturated rings. The number of nitrogens with two attached hydrogens (primary N) is 1. The molecular formula is C11H12N2O3. The van der Waals surface area contributed by atoms with Gasteiger partial charge in [0.25, 0.3) is 0 Å². The number of benzene rings is 1. The van der Waals surface area contributed by atoms with E-state index in [-0.39, 0.29) is 30.7 Å². The van der Waals surface area contributed by atoms with E-state index < -0.39 is 5.78 Å². The van der Waals surface area contributed by atoms with Gasteiger partial charge in [0.05, 0.1) is 0 Å². The molecule has 0 aliphatic rings. The van der Waals surface area contributed by atoms with Crippen molar-refractivity contribution in [2.75, 3.05) is 11.9 Å². The van der Waals surface area contributed by atoms with Gasteiger partial charge in [-0.2, -0.15) is 0 Å². The Morgan fingerprint density at radius 1 is 1.38 bits per heavy atom. The maximum Gasteiger partial charge on any atom is 0.225 e. The van der Waals surface area contributed by atoms with Crippen LogP contribution in [0.15, 0.2) is 24.3 Å². The van der Waals surface area contributed by atoms with Crippen molar-refractivity contribution in [2.45, 2.75) is 6.42 Å². The van der Waals surface area contributed by atoms with Crippen molar-refractivity contribution in [2.24, 2.45) is 5.73 Å². The molecule has 84 valence electrons.